The molecule has 0 fully saturated rings. The van der Waals surface area contributed by atoms with Gasteiger partial charge in [-0.2, -0.15) is 0 Å². The Bertz CT molecular complexity index is 226. The van der Waals surface area contributed by atoms with E-state index < -0.39 is 6.23 Å². The second-order valence-electron chi connectivity index (χ2n) is 3.11. The predicted molar refractivity (Wildman–Crippen MR) is 56.9 cm³/mol. The molecule has 0 heterocycles. The molecule has 74 valence electrons. The summed E-state index contributed by atoms with van der Waals surface area (Å²) in [5, 5.41) is 8.96. The van der Waals surface area contributed by atoms with Crippen molar-refractivity contribution in [3.05, 3.63) is 35.9 Å². The van der Waals surface area contributed by atoms with Crippen molar-refractivity contribution in [2.75, 3.05) is 0 Å². The van der Waals surface area contributed by atoms with Crippen molar-refractivity contribution in [1.82, 2.24) is 0 Å². The van der Waals surface area contributed by atoms with Crippen LogP contribution in [0.3, 0.4) is 0 Å². The number of aliphatic hydroxyl groups is 1. The molecule has 0 aliphatic carbocycles. The summed E-state index contributed by atoms with van der Waals surface area (Å²) in [4.78, 5) is 0. The van der Waals surface area contributed by atoms with Gasteiger partial charge in [-0.05, 0) is 17.9 Å². The molecule has 1 rings (SSSR count). The molecule has 2 nitrogen and oxygen atoms in total. The Hall–Kier alpha value is -0.570. The van der Waals surface area contributed by atoms with Crippen LogP contribution in [0.4, 0.5) is 0 Å². The topological polar surface area (TPSA) is 46.2 Å². The number of benzene rings is 1. The molecule has 0 spiro atoms. The van der Waals surface area contributed by atoms with E-state index in [4.69, 9.17) is 10.8 Å². The molecule has 3 heteroatoms. The average molecular weight is 202 g/mol. The summed E-state index contributed by atoms with van der Waals surface area (Å²) >= 11 is 0. The van der Waals surface area contributed by atoms with Crippen LogP contribution in [0.25, 0.3) is 0 Å². The first kappa shape index (κ1) is 12.4. The number of hydrogen-bond donors (Lipinski definition) is 2. The Morgan fingerprint density at radius 3 is 2.31 bits per heavy atom. The van der Waals surface area contributed by atoms with Gasteiger partial charge in [0.05, 0.1) is 0 Å². The predicted octanol–water partition coefficient (Wildman–Crippen LogP) is 1.88. The highest BCUT2D eigenvalue weighted by Crippen LogP contribution is 2.18. The van der Waals surface area contributed by atoms with E-state index >= 15 is 0 Å². The molecule has 0 aliphatic rings. The quantitative estimate of drug-likeness (QED) is 0.734. The smallest absolute Gasteiger partial charge is 0.102 e. The molecule has 0 amide bonds. The van der Waals surface area contributed by atoms with Crippen molar-refractivity contribution in [2.45, 2.75) is 25.5 Å². The second-order valence-corrected chi connectivity index (χ2v) is 3.11. The fourth-order valence-corrected chi connectivity index (χ4v) is 1.28. The Morgan fingerprint density at radius 1 is 1.31 bits per heavy atom. The number of hydrogen-bond acceptors (Lipinski definition) is 2. The SMILES string of the molecule is CC(CC(N)O)c1ccccc1.Cl. The van der Waals surface area contributed by atoms with Crippen LogP contribution in [-0.4, -0.2) is 11.3 Å². The van der Waals surface area contributed by atoms with Gasteiger partial charge in [-0.15, -0.1) is 12.4 Å². The van der Waals surface area contributed by atoms with Crippen molar-refractivity contribution >= 4 is 12.4 Å². The molecule has 0 aromatic heterocycles. The lowest BCUT2D eigenvalue weighted by atomic mass is 9.97. The van der Waals surface area contributed by atoms with E-state index in [-0.39, 0.29) is 12.4 Å². The fourth-order valence-electron chi connectivity index (χ4n) is 1.28. The summed E-state index contributed by atoms with van der Waals surface area (Å²) in [6.07, 6.45) is -0.0930. The maximum absolute atomic E-state index is 8.96. The van der Waals surface area contributed by atoms with Gasteiger partial charge in [0.1, 0.15) is 6.23 Å². The molecule has 0 aliphatic heterocycles. The molecule has 2 atom stereocenters. The van der Waals surface area contributed by atoms with E-state index in [0.717, 1.165) is 0 Å². The van der Waals surface area contributed by atoms with Crippen LogP contribution in [0.15, 0.2) is 30.3 Å². The van der Waals surface area contributed by atoms with E-state index in [0.29, 0.717) is 12.3 Å². The molecule has 0 saturated heterocycles. The summed E-state index contributed by atoms with van der Waals surface area (Å²) in [6.45, 7) is 2.06. The molecule has 1 aromatic carbocycles. The Balaban J connectivity index is 0.00000144. The van der Waals surface area contributed by atoms with Crippen molar-refractivity contribution in [3.63, 3.8) is 0 Å². The molecule has 0 bridgehead atoms. The summed E-state index contributed by atoms with van der Waals surface area (Å²) in [7, 11) is 0. The third-order valence-corrected chi connectivity index (χ3v) is 1.96. The van der Waals surface area contributed by atoms with Gasteiger partial charge in [0, 0.05) is 0 Å². The zero-order valence-electron chi connectivity index (χ0n) is 7.68. The Labute approximate surface area is 85.2 Å². The zero-order valence-corrected chi connectivity index (χ0v) is 8.50. The molecular formula is C10H16ClNO. The van der Waals surface area contributed by atoms with Crippen molar-refractivity contribution in [3.8, 4) is 0 Å². The molecule has 1 aromatic rings. The van der Waals surface area contributed by atoms with E-state index in [1.54, 1.807) is 0 Å². The Morgan fingerprint density at radius 2 is 1.85 bits per heavy atom. The highest BCUT2D eigenvalue weighted by atomic mass is 35.5. The third kappa shape index (κ3) is 4.27. The number of aliphatic hydroxyl groups excluding tert-OH is 1. The van der Waals surface area contributed by atoms with Gasteiger partial charge in [0.2, 0.25) is 0 Å². The van der Waals surface area contributed by atoms with Gasteiger partial charge in [-0.25, -0.2) is 0 Å². The standard InChI is InChI=1S/C10H15NO.ClH/c1-8(7-10(11)12)9-5-3-2-4-6-9;/h2-6,8,10,12H,7,11H2,1H3;1H. The first-order valence-corrected chi connectivity index (χ1v) is 4.18. The van der Waals surface area contributed by atoms with Gasteiger partial charge >= 0.3 is 0 Å². The molecule has 0 saturated carbocycles. The van der Waals surface area contributed by atoms with Gasteiger partial charge in [-0.3, -0.25) is 0 Å². The lowest BCUT2D eigenvalue weighted by molar-refractivity contribution is 0.164. The molecule has 3 N–H and O–H groups in total. The minimum atomic E-state index is -0.708. The molecule has 0 radical (unpaired) electrons. The molecule has 13 heavy (non-hydrogen) atoms. The zero-order chi connectivity index (χ0) is 8.97. The van der Waals surface area contributed by atoms with E-state index in [1.807, 2.05) is 30.3 Å². The van der Waals surface area contributed by atoms with Crippen LogP contribution in [0.1, 0.15) is 24.8 Å². The highest BCUT2D eigenvalue weighted by molar-refractivity contribution is 5.85. The van der Waals surface area contributed by atoms with Crippen LogP contribution in [0.2, 0.25) is 0 Å². The third-order valence-electron chi connectivity index (χ3n) is 1.96. The first-order valence-electron chi connectivity index (χ1n) is 4.18. The maximum atomic E-state index is 8.96. The minimum Gasteiger partial charge on any atom is -0.379 e. The highest BCUT2D eigenvalue weighted by Gasteiger charge is 2.07. The average Bonchev–Trinajstić information content (AvgIpc) is 2.05. The Kier molecular flexibility index (Phi) is 5.71. The van der Waals surface area contributed by atoms with Gasteiger partial charge in [0.25, 0.3) is 0 Å². The van der Waals surface area contributed by atoms with Crippen LogP contribution in [0.5, 0.6) is 0 Å². The van der Waals surface area contributed by atoms with Crippen molar-refractivity contribution in [2.24, 2.45) is 5.73 Å². The monoisotopic (exact) mass is 201 g/mol. The summed E-state index contributed by atoms with van der Waals surface area (Å²) in [6, 6.07) is 10.1. The lowest BCUT2D eigenvalue weighted by Gasteiger charge is -2.12. The van der Waals surface area contributed by atoms with Crippen molar-refractivity contribution < 1.29 is 5.11 Å². The fraction of sp³-hybridized carbons (Fsp3) is 0.400. The number of rotatable bonds is 3. The van der Waals surface area contributed by atoms with Crippen LogP contribution in [0, 0.1) is 0 Å². The van der Waals surface area contributed by atoms with E-state index in [2.05, 4.69) is 6.92 Å². The second kappa shape index (κ2) is 5.97. The van der Waals surface area contributed by atoms with Crippen molar-refractivity contribution in [1.29, 1.82) is 0 Å². The first-order chi connectivity index (χ1) is 5.70. The lowest BCUT2D eigenvalue weighted by Crippen LogP contribution is -2.20. The van der Waals surface area contributed by atoms with Gasteiger partial charge in [0.15, 0.2) is 0 Å². The maximum Gasteiger partial charge on any atom is 0.102 e. The number of nitrogens with two attached hydrogens (primary N) is 1. The summed E-state index contributed by atoms with van der Waals surface area (Å²) < 4.78 is 0. The van der Waals surface area contributed by atoms with Crippen LogP contribution >= 0.6 is 12.4 Å². The van der Waals surface area contributed by atoms with Gasteiger partial charge < -0.3 is 10.8 Å². The number of halogens is 1. The summed E-state index contributed by atoms with van der Waals surface area (Å²) in [5.41, 5.74) is 6.51. The van der Waals surface area contributed by atoms with Crippen LogP contribution < -0.4 is 5.73 Å². The molecular weight excluding hydrogens is 186 g/mol. The van der Waals surface area contributed by atoms with E-state index in [9.17, 15) is 0 Å². The largest absolute Gasteiger partial charge is 0.379 e. The van der Waals surface area contributed by atoms with Crippen LogP contribution in [-0.2, 0) is 0 Å². The van der Waals surface area contributed by atoms with Gasteiger partial charge in [-0.1, -0.05) is 37.3 Å². The van der Waals surface area contributed by atoms with E-state index in [1.165, 1.54) is 5.56 Å². The summed E-state index contributed by atoms with van der Waals surface area (Å²) in [5.74, 6) is 0.325. The molecule has 2 unspecified atom stereocenters. The minimum absolute atomic E-state index is 0. The normalized spacial score (nSPS) is 14.4.